The third-order valence-electron chi connectivity index (χ3n) is 2.24. The van der Waals surface area contributed by atoms with E-state index in [1.54, 1.807) is 12.1 Å². The fraction of sp³-hybridized carbons (Fsp3) is 0.455. The van der Waals surface area contributed by atoms with Crippen LogP contribution in [0.2, 0.25) is 5.02 Å². The topological polar surface area (TPSA) is 26.0 Å². The Morgan fingerprint density at radius 3 is 2.67 bits per heavy atom. The average molecular weight is 252 g/mol. The first-order valence-electron chi connectivity index (χ1n) is 4.85. The zero-order valence-electron chi connectivity index (χ0n) is 8.67. The molecule has 0 aliphatic heterocycles. The van der Waals surface area contributed by atoms with Gasteiger partial charge >= 0.3 is 0 Å². The molecule has 1 aromatic rings. The van der Waals surface area contributed by atoms with Crippen LogP contribution in [0.15, 0.2) is 18.2 Å². The molecule has 0 fully saturated rings. The number of rotatable bonds is 4. The summed E-state index contributed by atoms with van der Waals surface area (Å²) in [5.41, 5.74) is 6.71. The lowest BCUT2D eigenvalue weighted by molar-refractivity contribution is 0.588. The van der Waals surface area contributed by atoms with E-state index in [9.17, 15) is 4.39 Å². The molecule has 0 spiro atoms. The van der Waals surface area contributed by atoms with Crippen LogP contribution in [0.25, 0.3) is 0 Å². The molecule has 15 heavy (non-hydrogen) atoms. The minimum absolute atomic E-state index is 0. The highest BCUT2D eigenvalue weighted by atomic mass is 35.5. The molecule has 0 aliphatic rings. The van der Waals surface area contributed by atoms with Crippen molar-refractivity contribution in [3.63, 3.8) is 0 Å². The predicted octanol–water partition coefficient (Wildman–Crippen LogP) is 4.09. The summed E-state index contributed by atoms with van der Waals surface area (Å²) in [7, 11) is 0. The third kappa shape index (κ3) is 4.37. The van der Waals surface area contributed by atoms with Crippen molar-refractivity contribution in [2.45, 2.75) is 32.2 Å². The lowest BCUT2D eigenvalue weighted by Crippen LogP contribution is -2.10. The Balaban J connectivity index is 0.00000196. The van der Waals surface area contributed by atoms with Gasteiger partial charge in [-0.25, -0.2) is 4.39 Å². The van der Waals surface area contributed by atoms with Crippen molar-refractivity contribution in [2.24, 2.45) is 5.73 Å². The summed E-state index contributed by atoms with van der Waals surface area (Å²) < 4.78 is 13.1. The van der Waals surface area contributed by atoms with Gasteiger partial charge in [0.2, 0.25) is 0 Å². The molecule has 1 atom stereocenters. The summed E-state index contributed by atoms with van der Waals surface area (Å²) in [6.07, 6.45) is 3.05. The molecule has 0 aromatic heterocycles. The van der Waals surface area contributed by atoms with Crippen LogP contribution < -0.4 is 5.73 Å². The number of halogens is 3. The molecule has 0 heterocycles. The van der Waals surface area contributed by atoms with Gasteiger partial charge in [-0.15, -0.1) is 12.4 Å². The van der Waals surface area contributed by atoms with Gasteiger partial charge in [-0.05, 0) is 24.1 Å². The van der Waals surface area contributed by atoms with E-state index in [2.05, 4.69) is 6.92 Å². The molecule has 86 valence electrons. The Labute approximate surface area is 101 Å². The van der Waals surface area contributed by atoms with E-state index >= 15 is 0 Å². The number of benzene rings is 1. The fourth-order valence-electron chi connectivity index (χ4n) is 1.33. The Morgan fingerprint density at radius 1 is 1.47 bits per heavy atom. The van der Waals surface area contributed by atoms with Crippen LogP contribution in [0.5, 0.6) is 0 Å². The molecule has 0 unspecified atom stereocenters. The van der Waals surface area contributed by atoms with Gasteiger partial charge < -0.3 is 5.73 Å². The molecule has 1 rings (SSSR count). The zero-order valence-corrected chi connectivity index (χ0v) is 10.2. The van der Waals surface area contributed by atoms with Gasteiger partial charge in [0.25, 0.3) is 0 Å². The van der Waals surface area contributed by atoms with Gasteiger partial charge in [0, 0.05) is 6.04 Å². The van der Waals surface area contributed by atoms with Crippen LogP contribution in [0.4, 0.5) is 4.39 Å². The minimum atomic E-state index is -0.392. The second-order valence-electron chi connectivity index (χ2n) is 3.42. The summed E-state index contributed by atoms with van der Waals surface area (Å²) in [6.45, 7) is 2.11. The Hall–Kier alpha value is -0.310. The molecule has 0 bridgehead atoms. The summed E-state index contributed by atoms with van der Waals surface area (Å²) in [5.74, 6) is -0.392. The molecule has 0 saturated heterocycles. The molecule has 0 saturated carbocycles. The lowest BCUT2D eigenvalue weighted by Gasteiger charge is -2.11. The van der Waals surface area contributed by atoms with Crippen LogP contribution in [0, 0.1) is 5.82 Å². The fourth-order valence-corrected chi connectivity index (χ4v) is 1.45. The van der Waals surface area contributed by atoms with E-state index in [1.165, 1.54) is 6.07 Å². The van der Waals surface area contributed by atoms with Gasteiger partial charge in [0.05, 0.1) is 5.02 Å². The molecule has 1 nitrogen and oxygen atoms in total. The normalized spacial score (nSPS) is 12.0. The second-order valence-corrected chi connectivity index (χ2v) is 3.83. The van der Waals surface area contributed by atoms with E-state index in [4.69, 9.17) is 17.3 Å². The first-order chi connectivity index (χ1) is 6.65. The summed E-state index contributed by atoms with van der Waals surface area (Å²) >= 11 is 5.57. The maximum atomic E-state index is 13.1. The SMILES string of the molecule is CCCC[C@H](N)c1ccc(Cl)c(F)c1.Cl. The van der Waals surface area contributed by atoms with Gasteiger partial charge in [-0.2, -0.15) is 0 Å². The molecule has 0 radical (unpaired) electrons. The lowest BCUT2D eigenvalue weighted by atomic mass is 10.0. The highest BCUT2D eigenvalue weighted by Gasteiger charge is 2.07. The van der Waals surface area contributed by atoms with Gasteiger partial charge in [-0.3, -0.25) is 0 Å². The molecule has 1 aromatic carbocycles. The number of hydrogen-bond acceptors (Lipinski definition) is 1. The van der Waals surface area contributed by atoms with Crippen molar-refractivity contribution in [2.75, 3.05) is 0 Å². The van der Waals surface area contributed by atoms with Crippen molar-refractivity contribution >= 4 is 24.0 Å². The summed E-state index contributed by atoms with van der Waals surface area (Å²) in [6, 6.07) is 4.67. The van der Waals surface area contributed by atoms with Crippen molar-refractivity contribution in [1.29, 1.82) is 0 Å². The van der Waals surface area contributed by atoms with Gasteiger partial charge in [0.15, 0.2) is 0 Å². The van der Waals surface area contributed by atoms with Crippen LogP contribution in [-0.2, 0) is 0 Å². The third-order valence-corrected chi connectivity index (χ3v) is 2.55. The standard InChI is InChI=1S/C11H15ClFN.ClH/c1-2-3-4-11(14)8-5-6-9(12)10(13)7-8;/h5-7,11H,2-4,14H2,1H3;1H/t11-;/m0./s1. The maximum Gasteiger partial charge on any atom is 0.142 e. The Kier molecular flexibility index (Phi) is 6.90. The molecule has 2 N–H and O–H groups in total. The minimum Gasteiger partial charge on any atom is -0.324 e. The summed E-state index contributed by atoms with van der Waals surface area (Å²) in [5, 5.41) is 0.149. The van der Waals surface area contributed by atoms with Crippen molar-refractivity contribution in [3.8, 4) is 0 Å². The average Bonchev–Trinajstić information content (AvgIpc) is 2.18. The number of nitrogens with two attached hydrogens (primary N) is 1. The number of unbranched alkanes of at least 4 members (excludes halogenated alkanes) is 1. The van der Waals surface area contributed by atoms with E-state index in [0.717, 1.165) is 24.8 Å². The smallest absolute Gasteiger partial charge is 0.142 e. The highest BCUT2D eigenvalue weighted by molar-refractivity contribution is 6.30. The molecular formula is C11H16Cl2FN. The predicted molar refractivity (Wildman–Crippen MR) is 65.1 cm³/mol. The van der Waals surface area contributed by atoms with Gasteiger partial charge in [-0.1, -0.05) is 37.4 Å². The monoisotopic (exact) mass is 251 g/mol. The summed E-state index contributed by atoms with van der Waals surface area (Å²) in [4.78, 5) is 0. The molecule has 4 heteroatoms. The van der Waals surface area contributed by atoms with E-state index in [-0.39, 0.29) is 23.5 Å². The molecule has 0 amide bonds. The van der Waals surface area contributed by atoms with Crippen molar-refractivity contribution in [1.82, 2.24) is 0 Å². The maximum absolute atomic E-state index is 13.1. The van der Waals surface area contributed by atoms with Crippen LogP contribution in [0.3, 0.4) is 0 Å². The quantitative estimate of drug-likeness (QED) is 0.858. The van der Waals surface area contributed by atoms with Crippen LogP contribution in [-0.4, -0.2) is 0 Å². The van der Waals surface area contributed by atoms with Crippen LogP contribution in [0.1, 0.15) is 37.8 Å². The Bertz CT molecular complexity index is 305. The van der Waals surface area contributed by atoms with Gasteiger partial charge in [0.1, 0.15) is 5.82 Å². The van der Waals surface area contributed by atoms with Crippen LogP contribution >= 0.6 is 24.0 Å². The first kappa shape index (κ1) is 14.7. The van der Waals surface area contributed by atoms with E-state index in [0.29, 0.717) is 0 Å². The second kappa shape index (κ2) is 7.04. The van der Waals surface area contributed by atoms with E-state index in [1.807, 2.05) is 0 Å². The van der Waals surface area contributed by atoms with E-state index < -0.39 is 5.82 Å². The highest BCUT2D eigenvalue weighted by Crippen LogP contribution is 2.21. The van der Waals surface area contributed by atoms with Crippen molar-refractivity contribution in [3.05, 3.63) is 34.6 Å². The first-order valence-corrected chi connectivity index (χ1v) is 5.23. The largest absolute Gasteiger partial charge is 0.324 e. The van der Waals surface area contributed by atoms with Crippen molar-refractivity contribution < 1.29 is 4.39 Å². The molecule has 0 aliphatic carbocycles. The Morgan fingerprint density at radius 2 is 2.13 bits per heavy atom. The zero-order chi connectivity index (χ0) is 10.6. The number of hydrogen-bond donors (Lipinski definition) is 1. The molecular weight excluding hydrogens is 236 g/mol.